The van der Waals surface area contributed by atoms with Crippen LogP contribution in [-0.4, -0.2) is 66.2 Å². The highest BCUT2D eigenvalue weighted by Crippen LogP contribution is 2.57. The van der Waals surface area contributed by atoms with Crippen LogP contribution in [0.5, 0.6) is 23.0 Å². The molecule has 2 heterocycles. The van der Waals surface area contributed by atoms with Gasteiger partial charge in [0.25, 0.3) is 0 Å². The second-order valence-corrected chi connectivity index (χ2v) is 10.7. The molecule has 0 aromatic heterocycles. The van der Waals surface area contributed by atoms with E-state index in [1.165, 1.54) is 30.3 Å². The van der Waals surface area contributed by atoms with Crippen LogP contribution in [0.3, 0.4) is 0 Å². The Hall–Kier alpha value is -5.67. The molecule has 5 rings (SSSR count). The molecule has 0 amide bonds. The lowest BCUT2D eigenvalue weighted by Crippen LogP contribution is -3.13. The van der Waals surface area contributed by atoms with Crippen LogP contribution in [0.4, 0.5) is 0 Å². The second kappa shape index (κ2) is 11.8. The first kappa shape index (κ1) is 30.8. The summed E-state index contributed by atoms with van der Waals surface area (Å²) in [5, 5.41) is 66.9. The van der Waals surface area contributed by atoms with Crippen molar-refractivity contribution >= 4 is 29.8 Å². The first-order chi connectivity index (χ1) is 21.3. The predicted octanol–water partition coefficient (Wildman–Crippen LogP) is -6.56. The summed E-state index contributed by atoms with van der Waals surface area (Å²) in [6, 6.07) is 11.5. The molecule has 3 aromatic rings. The summed E-state index contributed by atoms with van der Waals surface area (Å²) in [6.07, 6.45) is 0. The van der Waals surface area contributed by atoms with Crippen molar-refractivity contribution in [2.75, 3.05) is 26.2 Å². The third-order valence-electron chi connectivity index (χ3n) is 7.57. The lowest BCUT2D eigenvalue weighted by atomic mass is 9.76. The number of esters is 1. The number of carboxylic acid groups (broad SMARTS) is 4. The number of carboxylic acids is 4. The van der Waals surface area contributed by atoms with Gasteiger partial charge in [-0.05, 0) is 18.2 Å². The fraction of sp³-hybridized carbons (Fsp3) is 0.233. The average Bonchev–Trinajstić information content (AvgIpc) is 3.22. The zero-order valence-electron chi connectivity index (χ0n) is 23.2. The van der Waals surface area contributed by atoms with Crippen molar-refractivity contribution in [2.24, 2.45) is 0 Å². The molecule has 3 aromatic carbocycles. The summed E-state index contributed by atoms with van der Waals surface area (Å²) >= 11 is 0. The first-order valence-electron chi connectivity index (χ1n) is 13.5. The number of carbonyl (C=O) groups is 5. The molecule has 2 aliphatic heterocycles. The number of phenolic OH excluding ortho intramolecular Hbond substituents is 2. The highest BCUT2D eigenvalue weighted by atomic mass is 16.6. The smallest absolute Gasteiger partial charge is 0.340 e. The summed E-state index contributed by atoms with van der Waals surface area (Å²) in [5.41, 5.74) is -0.835. The van der Waals surface area contributed by atoms with Crippen molar-refractivity contribution in [3.63, 3.8) is 0 Å². The van der Waals surface area contributed by atoms with Crippen molar-refractivity contribution in [3.8, 4) is 23.0 Å². The predicted molar refractivity (Wildman–Crippen MR) is 137 cm³/mol. The number of carbonyl (C=O) groups excluding carboxylic acids is 5. The fourth-order valence-electron chi connectivity index (χ4n) is 5.84. The maximum Gasteiger partial charge on any atom is 0.340 e. The van der Waals surface area contributed by atoms with Gasteiger partial charge < -0.3 is 69.1 Å². The third kappa shape index (κ3) is 5.93. The van der Waals surface area contributed by atoms with Crippen LogP contribution in [0.2, 0.25) is 0 Å². The molecule has 0 saturated heterocycles. The third-order valence-corrected chi connectivity index (χ3v) is 7.57. The minimum Gasteiger partial charge on any atom is -0.544 e. The average molecular weight is 621 g/mol. The van der Waals surface area contributed by atoms with Crippen LogP contribution in [0, 0.1) is 0 Å². The standard InChI is InChI=1S/C30H26N2O13/c33-21-7-23-19(5-15(21)9-31(11-25(35)36)12-26(37)38)30(18-4-2-1-3-17(18)29(43)45-30)20-6-16(22(34)8-24(20)44-23)10-32(13-27(39)40)14-28(41)42/h1-8,33-34H,9-14H2,(H,35,36)(H,37,38)(H,39,40)(H,41,42)/p-2. The quantitative estimate of drug-likeness (QED) is 0.138. The van der Waals surface area contributed by atoms with E-state index in [1.54, 1.807) is 18.2 Å². The minimum absolute atomic E-state index is 0.0112. The van der Waals surface area contributed by atoms with Gasteiger partial charge in [-0.15, -0.1) is 0 Å². The molecule has 1 spiro atoms. The molecule has 0 fully saturated rings. The SMILES string of the molecule is O=C([O-])C[NH+](CC(=O)[O-])Cc1cc2c(cc1O)Oc1cc(O)c(C[NH+](CC(=O)[O-])CC(=O)[O-])cc1C21OC(=O)c2ccccc21. The summed E-state index contributed by atoms with van der Waals surface area (Å²) in [4.78, 5) is 58.3. The van der Waals surface area contributed by atoms with Crippen molar-refractivity contribution in [2.45, 2.75) is 18.7 Å². The normalized spacial score (nSPS) is 14.0. The van der Waals surface area contributed by atoms with Crippen molar-refractivity contribution < 1.29 is 73.9 Å². The minimum atomic E-state index is -1.78. The van der Waals surface area contributed by atoms with Gasteiger partial charge >= 0.3 is 5.97 Å². The molecule has 0 atom stereocenters. The number of fused-ring (bicyclic) bond motifs is 6. The number of hydrogen-bond donors (Lipinski definition) is 4. The van der Waals surface area contributed by atoms with E-state index in [-0.39, 0.29) is 62.2 Å². The van der Waals surface area contributed by atoms with Gasteiger partial charge in [-0.2, -0.15) is 0 Å². The van der Waals surface area contributed by atoms with Crippen molar-refractivity contribution in [1.82, 2.24) is 0 Å². The van der Waals surface area contributed by atoms with E-state index in [2.05, 4.69) is 0 Å². The number of aliphatic carboxylic acids is 4. The number of quaternary nitrogens is 2. The van der Waals surface area contributed by atoms with Crippen molar-refractivity contribution in [1.29, 1.82) is 0 Å². The topological polar surface area (TPSA) is 245 Å². The molecule has 15 nitrogen and oxygen atoms in total. The number of phenols is 2. The summed E-state index contributed by atoms with van der Waals surface area (Å²) in [7, 11) is 0. The van der Waals surface area contributed by atoms with Crippen molar-refractivity contribution in [3.05, 3.63) is 81.9 Å². The van der Waals surface area contributed by atoms with Gasteiger partial charge in [-0.3, -0.25) is 0 Å². The van der Waals surface area contributed by atoms with Gasteiger partial charge in [-0.25, -0.2) is 4.79 Å². The molecule has 0 radical (unpaired) electrons. The van der Waals surface area contributed by atoms with E-state index < -0.39 is 73.1 Å². The zero-order valence-corrected chi connectivity index (χ0v) is 23.2. The Morgan fingerprint density at radius 3 is 1.51 bits per heavy atom. The monoisotopic (exact) mass is 620 g/mol. The van der Waals surface area contributed by atoms with E-state index in [1.807, 2.05) is 0 Å². The van der Waals surface area contributed by atoms with Gasteiger partial charge in [0, 0.05) is 39.9 Å². The van der Waals surface area contributed by atoms with Gasteiger partial charge in [0.2, 0.25) is 0 Å². The molecule has 0 aliphatic carbocycles. The van der Waals surface area contributed by atoms with Crippen LogP contribution in [0.25, 0.3) is 0 Å². The lowest BCUT2D eigenvalue weighted by Gasteiger charge is -2.37. The summed E-state index contributed by atoms with van der Waals surface area (Å²) in [6.45, 7) is -3.58. The maximum atomic E-state index is 13.2. The molecular weight excluding hydrogens is 596 g/mol. The van der Waals surface area contributed by atoms with Gasteiger partial charge in [0.15, 0.2) is 5.60 Å². The highest BCUT2D eigenvalue weighted by molar-refractivity contribution is 5.97. The first-order valence-corrected chi connectivity index (χ1v) is 13.5. The largest absolute Gasteiger partial charge is 0.544 e. The molecule has 234 valence electrons. The second-order valence-electron chi connectivity index (χ2n) is 10.7. The Kier molecular flexibility index (Phi) is 8.06. The number of aromatic hydroxyl groups is 2. The molecular formula is C30H24N2O13-2. The molecule has 45 heavy (non-hydrogen) atoms. The van der Waals surface area contributed by atoms with Gasteiger partial charge in [0.1, 0.15) is 62.3 Å². The number of nitrogens with one attached hydrogen (secondary N) is 2. The Morgan fingerprint density at radius 1 is 0.667 bits per heavy atom. The van der Waals surface area contributed by atoms with Crippen LogP contribution in [0.1, 0.15) is 38.2 Å². The molecule has 0 saturated carbocycles. The zero-order chi connectivity index (χ0) is 32.6. The number of hydrogen-bond acceptors (Lipinski definition) is 13. The summed E-state index contributed by atoms with van der Waals surface area (Å²) in [5.74, 6) is -7.74. The molecule has 0 bridgehead atoms. The van der Waals surface area contributed by atoms with E-state index in [0.717, 1.165) is 0 Å². The highest BCUT2D eigenvalue weighted by Gasteiger charge is 2.54. The fourth-order valence-corrected chi connectivity index (χ4v) is 5.84. The number of benzene rings is 3. The Morgan fingerprint density at radius 2 is 1.09 bits per heavy atom. The van der Waals surface area contributed by atoms with Crippen LogP contribution in [0.15, 0.2) is 48.5 Å². The van der Waals surface area contributed by atoms with E-state index in [0.29, 0.717) is 5.56 Å². The number of ether oxygens (including phenoxy) is 2. The van der Waals surface area contributed by atoms with Crippen LogP contribution in [-0.2, 0) is 42.6 Å². The van der Waals surface area contributed by atoms with Gasteiger partial charge in [0.05, 0.1) is 29.4 Å². The lowest BCUT2D eigenvalue weighted by molar-refractivity contribution is -0.902. The van der Waals surface area contributed by atoms with Gasteiger partial charge in [-0.1, -0.05) is 18.2 Å². The maximum absolute atomic E-state index is 13.2. The Bertz CT molecular complexity index is 1630. The molecule has 2 aliphatic rings. The Balaban J connectivity index is 1.69. The summed E-state index contributed by atoms with van der Waals surface area (Å²) < 4.78 is 12.1. The van der Waals surface area contributed by atoms with Crippen LogP contribution < -0.4 is 35.0 Å². The Labute approximate surface area is 253 Å². The van der Waals surface area contributed by atoms with Crippen LogP contribution >= 0.6 is 0 Å². The van der Waals surface area contributed by atoms with E-state index in [9.17, 15) is 54.6 Å². The number of rotatable bonds is 12. The molecule has 15 heteroatoms. The molecule has 4 N–H and O–H groups in total. The van der Waals surface area contributed by atoms with E-state index in [4.69, 9.17) is 9.47 Å². The molecule has 0 unspecified atom stereocenters. The van der Waals surface area contributed by atoms with E-state index >= 15 is 0 Å².